The minimum atomic E-state index is -4.51. The second-order valence-electron chi connectivity index (χ2n) is 5.29. The number of anilines is 1. The zero-order chi connectivity index (χ0) is 17.9. The summed E-state index contributed by atoms with van der Waals surface area (Å²) in [6.07, 6.45) is -4.05. The van der Waals surface area contributed by atoms with Crippen LogP contribution in [0.15, 0.2) is 52.9 Å². The molecule has 130 valence electrons. The molecule has 3 rings (SSSR count). The minimum Gasteiger partial charge on any atom is -0.423 e. The summed E-state index contributed by atoms with van der Waals surface area (Å²) in [5, 5.41) is 10.4. The van der Waals surface area contributed by atoms with Gasteiger partial charge in [0, 0.05) is 10.7 Å². The molecule has 0 aliphatic carbocycles. The van der Waals surface area contributed by atoms with Crippen molar-refractivity contribution in [3.8, 4) is 0 Å². The molecule has 25 heavy (non-hydrogen) atoms. The van der Waals surface area contributed by atoms with Crippen molar-refractivity contribution in [1.29, 1.82) is 0 Å². The van der Waals surface area contributed by atoms with Gasteiger partial charge < -0.3 is 9.73 Å². The van der Waals surface area contributed by atoms with E-state index in [2.05, 4.69) is 15.5 Å². The van der Waals surface area contributed by atoms with Gasteiger partial charge in [0.2, 0.25) is 11.8 Å². The third-order valence-corrected chi connectivity index (χ3v) is 3.66. The average Bonchev–Trinajstić information content (AvgIpc) is 3.01. The molecule has 1 N–H and O–H groups in total. The lowest BCUT2D eigenvalue weighted by molar-refractivity contribution is -0.137. The van der Waals surface area contributed by atoms with Gasteiger partial charge in [-0.25, -0.2) is 0 Å². The topological polar surface area (TPSA) is 51.0 Å². The fraction of sp³-hybridized carbons (Fsp3) is 0.176. The summed E-state index contributed by atoms with van der Waals surface area (Å²) in [6, 6.07) is 13.1. The largest absolute Gasteiger partial charge is 0.423 e. The van der Waals surface area contributed by atoms with E-state index >= 15 is 0 Å². The molecule has 0 aliphatic rings. The quantitative estimate of drug-likeness (QED) is 0.693. The number of hydrogen-bond acceptors (Lipinski definition) is 4. The molecule has 0 unspecified atom stereocenters. The first-order valence-corrected chi connectivity index (χ1v) is 7.75. The van der Waals surface area contributed by atoms with Crippen LogP contribution in [0.5, 0.6) is 0 Å². The predicted octanol–water partition coefficient (Wildman–Crippen LogP) is 4.94. The van der Waals surface area contributed by atoms with Gasteiger partial charge in [-0.1, -0.05) is 41.9 Å². The number of nitrogens with one attached hydrogen (secondary N) is 1. The molecule has 8 heteroatoms. The third kappa shape index (κ3) is 4.51. The van der Waals surface area contributed by atoms with Crippen molar-refractivity contribution in [2.75, 3.05) is 5.32 Å². The highest BCUT2D eigenvalue weighted by Gasteiger charge is 2.33. The summed E-state index contributed by atoms with van der Waals surface area (Å²) in [7, 11) is 0. The van der Waals surface area contributed by atoms with Crippen molar-refractivity contribution in [3.05, 3.63) is 76.5 Å². The number of halogens is 4. The molecule has 0 fully saturated rings. The van der Waals surface area contributed by atoms with Crippen molar-refractivity contribution in [2.45, 2.75) is 19.1 Å². The Kier molecular flexibility index (Phi) is 4.94. The lowest BCUT2D eigenvalue weighted by atomic mass is 10.1. The van der Waals surface area contributed by atoms with E-state index in [-0.39, 0.29) is 23.1 Å². The van der Waals surface area contributed by atoms with E-state index in [9.17, 15) is 13.2 Å². The molecule has 3 aromatic rings. The molecular weight excluding hydrogens is 355 g/mol. The Balaban J connectivity index is 1.69. The monoisotopic (exact) mass is 367 g/mol. The van der Waals surface area contributed by atoms with Gasteiger partial charge in [-0.15, -0.1) is 10.2 Å². The molecule has 0 spiro atoms. The van der Waals surface area contributed by atoms with Crippen molar-refractivity contribution in [2.24, 2.45) is 0 Å². The zero-order valence-electron chi connectivity index (χ0n) is 12.8. The summed E-state index contributed by atoms with van der Waals surface area (Å²) in [6.45, 7) is -0.0213. The number of benzene rings is 2. The Labute approximate surface area is 146 Å². The van der Waals surface area contributed by atoms with Crippen molar-refractivity contribution >= 4 is 17.3 Å². The Morgan fingerprint density at radius 1 is 1.00 bits per heavy atom. The van der Waals surface area contributed by atoms with E-state index in [1.54, 1.807) is 0 Å². The average molecular weight is 368 g/mol. The van der Waals surface area contributed by atoms with Gasteiger partial charge in [0.25, 0.3) is 0 Å². The van der Waals surface area contributed by atoms with Crippen LogP contribution in [-0.4, -0.2) is 10.2 Å². The zero-order valence-corrected chi connectivity index (χ0v) is 13.6. The van der Waals surface area contributed by atoms with Crippen LogP contribution in [-0.2, 0) is 19.1 Å². The smallest absolute Gasteiger partial charge is 0.418 e. The number of rotatable bonds is 5. The number of nitrogens with zero attached hydrogens (tertiary/aromatic N) is 2. The van der Waals surface area contributed by atoms with Gasteiger partial charge in [-0.3, -0.25) is 0 Å². The lowest BCUT2D eigenvalue weighted by Crippen LogP contribution is -2.11. The summed E-state index contributed by atoms with van der Waals surface area (Å²) >= 11 is 5.65. The normalized spacial score (nSPS) is 11.5. The van der Waals surface area contributed by atoms with Crippen LogP contribution in [0.4, 0.5) is 18.9 Å². The molecule has 0 radical (unpaired) electrons. The van der Waals surface area contributed by atoms with Crippen LogP contribution < -0.4 is 5.32 Å². The summed E-state index contributed by atoms with van der Waals surface area (Å²) in [5.41, 5.74) is 0.0615. The molecule has 1 aromatic heterocycles. The Bertz CT molecular complexity index is 850. The van der Waals surface area contributed by atoms with Gasteiger partial charge in [0.1, 0.15) is 0 Å². The standard InChI is InChI=1S/C17H13ClF3N3O/c18-12-6-7-14(13(9-12)17(19,20)21)22-10-16-24-23-15(25-16)8-11-4-2-1-3-5-11/h1-7,9,22H,8,10H2. The molecule has 2 aromatic carbocycles. The lowest BCUT2D eigenvalue weighted by Gasteiger charge is -2.13. The SMILES string of the molecule is FC(F)(F)c1cc(Cl)ccc1NCc1nnc(Cc2ccccc2)o1. The maximum Gasteiger partial charge on any atom is 0.418 e. The Morgan fingerprint density at radius 3 is 2.44 bits per heavy atom. The molecule has 0 aliphatic heterocycles. The Morgan fingerprint density at radius 2 is 1.72 bits per heavy atom. The molecule has 1 heterocycles. The van der Waals surface area contributed by atoms with Crippen molar-refractivity contribution < 1.29 is 17.6 Å². The molecule has 4 nitrogen and oxygen atoms in total. The highest BCUT2D eigenvalue weighted by atomic mass is 35.5. The molecule has 0 amide bonds. The maximum atomic E-state index is 13.1. The van der Waals surface area contributed by atoms with Crippen LogP contribution in [0.2, 0.25) is 5.02 Å². The Hall–Kier alpha value is -2.54. The molecular formula is C17H13ClF3N3O. The van der Waals surface area contributed by atoms with Gasteiger partial charge in [0.05, 0.1) is 18.5 Å². The van der Waals surface area contributed by atoms with Crippen molar-refractivity contribution in [1.82, 2.24) is 10.2 Å². The first kappa shape index (κ1) is 17.3. The van der Waals surface area contributed by atoms with Crippen molar-refractivity contribution in [3.63, 3.8) is 0 Å². The predicted molar refractivity (Wildman–Crippen MR) is 87.3 cm³/mol. The highest BCUT2D eigenvalue weighted by molar-refractivity contribution is 6.30. The van der Waals surface area contributed by atoms with E-state index in [1.165, 1.54) is 12.1 Å². The van der Waals surface area contributed by atoms with E-state index in [0.29, 0.717) is 12.3 Å². The van der Waals surface area contributed by atoms with Gasteiger partial charge in [-0.05, 0) is 23.8 Å². The summed E-state index contributed by atoms with van der Waals surface area (Å²) in [5.74, 6) is 0.601. The molecule has 0 atom stereocenters. The van der Waals surface area contributed by atoms with Gasteiger partial charge in [-0.2, -0.15) is 13.2 Å². The molecule has 0 bridgehead atoms. The number of hydrogen-bond donors (Lipinski definition) is 1. The van der Waals surface area contributed by atoms with E-state index in [0.717, 1.165) is 11.6 Å². The second-order valence-corrected chi connectivity index (χ2v) is 5.73. The maximum absolute atomic E-state index is 13.1. The van der Waals surface area contributed by atoms with Gasteiger partial charge in [0.15, 0.2) is 0 Å². The van der Waals surface area contributed by atoms with E-state index in [1.807, 2.05) is 30.3 Å². The molecule has 0 saturated carbocycles. The fourth-order valence-electron chi connectivity index (χ4n) is 2.28. The summed E-state index contributed by atoms with van der Waals surface area (Å²) < 4.78 is 44.6. The first-order valence-electron chi connectivity index (χ1n) is 7.37. The van der Waals surface area contributed by atoms with Crippen LogP contribution in [0, 0.1) is 0 Å². The van der Waals surface area contributed by atoms with Crippen LogP contribution >= 0.6 is 11.6 Å². The van der Waals surface area contributed by atoms with E-state index < -0.39 is 11.7 Å². The van der Waals surface area contributed by atoms with Gasteiger partial charge >= 0.3 is 6.18 Å². The molecule has 0 saturated heterocycles. The van der Waals surface area contributed by atoms with Crippen LogP contribution in [0.3, 0.4) is 0 Å². The second kappa shape index (κ2) is 7.14. The van der Waals surface area contributed by atoms with E-state index in [4.69, 9.17) is 16.0 Å². The fourth-order valence-corrected chi connectivity index (χ4v) is 2.45. The summed E-state index contributed by atoms with van der Waals surface area (Å²) in [4.78, 5) is 0. The number of aromatic nitrogens is 2. The first-order chi connectivity index (χ1) is 11.9. The highest BCUT2D eigenvalue weighted by Crippen LogP contribution is 2.36. The van der Waals surface area contributed by atoms with Crippen LogP contribution in [0.1, 0.15) is 22.9 Å². The number of alkyl halides is 3. The minimum absolute atomic E-state index is 0.0146. The van der Waals surface area contributed by atoms with Crippen LogP contribution in [0.25, 0.3) is 0 Å². The third-order valence-electron chi connectivity index (χ3n) is 3.42.